The van der Waals surface area contributed by atoms with Gasteiger partial charge in [-0.05, 0) is 30.9 Å². The van der Waals surface area contributed by atoms with Gasteiger partial charge in [0.15, 0.2) is 0 Å². The average Bonchev–Trinajstić information content (AvgIpc) is 2.48. The lowest BCUT2D eigenvalue weighted by atomic mass is 10.1. The molecule has 112 valence electrons. The lowest BCUT2D eigenvalue weighted by Gasteiger charge is -2.13. The first-order valence-corrected chi connectivity index (χ1v) is 7.45. The van der Waals surface area contributed by atoms with Crippen LogP contribution in [0.4, 0.5) is 5.95 Å². The maximum Gasteiger partial charge on any atom is 0.356 e. The molecule has 0 aliphatic carbocycles. The maximum atomic E-state index is 12.3. The average molecular weight is 286 g/mol. The monoisotopic (exact) mass is 286 g/mol. The molecule has 1 aromatic heterocycles. The predicted molar refractivity (Wildman–Crippen MR) is 85.1 cm³/mol. The number of aryl methyl sites for hydroxylation is 2. The molecule has 0 radical (unpaired) electrons. The Morgan fingerprint density at radius 1 is 1.29 bits per heavy atom. The number of unbranched alkanes of at least 4 members (excludes halogenated alkanes) is 1. The van der Waals surface area contributed by atoms with Crippen LogP contribution in [-0.4, -0.2) is 21.1 Å². The largest absolute Gasteiger partial charge is 0.356 e. The summed E-state index contributed by atoms with van der Waals surface area (Å²) >= 11 is 0. The van der Waals surface area contributed by atoms with E-state index in [9.17, 15) is 4.79 Å². The van der Waals surface area contributed by atoms with E-state index in [1.54, 1.807) is 6.33 Å². The van der Waals surface area contributed by atoms with Gasteiger partial charge >= 0.3 is 5.69 Å². The van der Waals surface area contributed by atoms with Gasteiger partial charge in [-0.1, -0.05) is 38.5 Å². The number of para-hydroxylation sites is 1. The number of anilines is 1. The lowest BCUT2D eigenvalue weighted by Crippen LogP contribution is -2.25. The van der Waals surface area contributed by atoms with Crippen LogP contribution < -0.4 is 11.0 Å². The fourth-order valence-electron chi connectivity index (χ4n) is 2.30. The van der Waals surface area contributed by atoms with E-state index in [-0.39, 0.29) is 5.69 Å². The molecule has 0 amide bonds. The fourth-order valence-corrected chi connectivity index (χ4v) is 2.30. The number of hydrogen-bond acceptors (Lipinski definition) is 4. The molecule has 0 spiro atoms. The summed E-state index contributed by atoms with van der Waals surface area (Å²) in [5.74, 6) is 0.399. The van der Waals surface area contributed by atoms with E-state index in [0.717, 1.165) is 42.6 Å². The molecule has 0 aliphatic heterocycles. The Balaban J connectivity index is 2.36. The Hall–Kier alpha value is -2.17. The van der Waals surface area contributed by atoms with E-state index in [1.807, 2.05) is 25.1 Å². The number of benzene rings is 1. The van der Waals surface area contributed by atoms with Gasteiger partial charge in [0.2, 0.25) is 5.95 Å². The molecule has 0 bridgehead atoms. The third kappa shape index (κ3) is 3.48. The van der Waals surface area contributed by atoms with Gasteiger partial charge in [0.1, 0.15) is 6.33 Å². The van der Waals surface area contributed by atoms with Crippen LogP contribution in [-0.2, 0) is 6.42 Å². The van der Waals surface area contributed by atoms with Crippen LogP contribution in [0.2, 0.25) is 0 Å². The summed E-state index contributed by atoms with van der Waals surface area (Å²) in [7, 11) is 0. The van der Waals surface area contributed by atoms with Gasteiger partial charge in [-0.2, -0.15) is 4.98 Å². The van der Waals surface area contributed by atoms with Gasteiger partial charge in [-0.15, -0.1) is 0 Å². The van der Waals surface area contributed by atoms with Crippen LogP contribution in [0.25, 0.3) is 5.69 Å². The number of hydrogen-bond donors (Lipinski definition) is 1. The third-order valence-corrected chi connectivity index (χ3v) is 3.46. The first kappa shape index (κ1) is 15.2. The van der Waals surface area contributed by atoms with Crippen molar-refractivity contribution in [1.82, 2.24) is 14.5 Å². The predicted octanol–water partition coefficient (Wildman–Crippen LogP) is 2.71. The molecule has 0 saturated carbocycles. The minimum atomic E-state index is -0.298. The molecule has 0 atom stereocenters. The van der Waals surface area contributed by atoms with Crippen molar-refractivity contribution in [2.75, 3.05) is 11.9 Å². The van der Waals surface area contributed by atoms with E-state index in [2.05, 4.69) is 29.1 Å². The minimum absolute atomic E-state index is 0.298. The molecule has 21 heavy (non-hydrogen) atoms. The number of nitrogens with one attached hydrogen (secondary N) is 1. The standard InChI is InChI=1S/C16H22N4O/c1-4-6-10-17-15-18-11-20(16(21)19-15)14-12(3)8-7-9-13(14)5-2/h7-9,11H,4-6,10H2,1-3H3,(H,17,19,21). The third-order valence-electron chi connectivity index (χ3n) is 3.46. The molecular weight excluding hydrogens is 264 g/mol. The number of nitrogens with zero attached hydrogens (tertiary/aromatic N) is 3. The topological polar surface area (TPSA) is 59.8 Å². The summed E-state index contributed by atoms with van der Waals surface area (Å²) < 4.78 is 1.53. The second-order valence-electron chi connectivity index (χ2n) is 5.05. The molecule has 1 aromatic carbocycles. The Bertz CT molecular complexity index is 664. The minimum Gasteiger partial charge on any atom is -0.354 e. The molecule has 0 unspecified atom stereocenters. The van der Waals surface area contributed by atoms with Gasteiger partial charge in [-0.25, -0.2) is 9.78 Å². The molecule has 1 heterocycles. The van der Waals surface area contributed by atoms with Crippen molar-refractivity contribution in [3.05, 3.63) is 46.1 Å². The van der Waals surface area contributed by atoms with Crippen LogP contribution in [0, 0.1) is 6.92 Å². The molecule has 0 fully saturated rings. The molecule has 2 aromatic rings. The highest BCUT2D eigenvalue weighted by atomic mass is 16.1. The van der Waals surface area contributed by atoms with Crippen molar-refractivity contribution in [2.45, 2.75) is 40.0 Å². The summed E-state index contributed by atoms with van der Waals surface area (Å²) in [5, 5.41) is 3.07. The quantitative estimate of drug-likeness (QED) is 0.829. The van der Waals surface area contributed by atoms with Crippen molar-refractivity contribution < 1.29 is 0 Å². The first-order chi connectivity index (χ1) is 10.2. The summed E-state index contributed by atoms with van der Waals surface area (Å²) in [6.07, 6.45) is 4.54. The molecular formula is C16H22N4O. The molecule has 1 N–H and O–H groups in total. The Kier molecular flexibility index (Phi) is 5.09. The summed E-state index contributed by atoms with van der Waals surface area (Å²) in [6.45, 7) is 6.97. The van der Waals surface area contributed by atoms with Crippen molar-refractivity contribution >= 4 is 5.95 Å². The zero-order chi connectivity index (χ0) is 15.2. The SMILES string of the molecule is CCCCNc1ncn(-c2c(C)cccc2CC)c(=O)n1. The van der Waals surface area contributed by atoms with Gasteiger partial charge in [-0.3, -0.25) is 4.57 Å². The molecule has 0 aliphatic rings. The second-order valence-corrected chi connectivity index (χ2v) is 5.05. The maximum absolute atomic E-state index is 12.3. The van der Waals surface area contributed by atoms with Crippen LogP contribution in [0.3, 0.4) is 0 Å². The zero-order valence-corrected chi connectivity index (χ0v) is 12.9. The number of rotatable bonds is 6. The summed E-state index contributed by atoms with van der Waals surface area (Å²) in [5.41, 5.74) is 2.76. The zero-order valence-electron chi connectivity index (χ0n) is 12.9. The van der Waals surface area contributed by atoms with E-state index in [4.69, 9.17) is 0 Å². The van der Waals surface area contributed by atoms with Gasteiger partial charge < -0.3 is 5.32 Å². The first-order valence-electron chi connectivity index (χ1n) is 7.45. The smallest absolute Gasteiger partial charge is 0.354 e. The van der Waals surface area contributed by atoms with E-state index in [1.165, 1.54) is 4.57 Å². The fraction of sp³-hybridized carbons (Fsp3) is 0.438. The van der Waals surface area contributed by atoms with Crippen LogP contribution in [0.5, 0.6) is 0 Å². The Morgan fingerprint density at radius 2 is 2.10 bits per heavy atom. The summed E-state index contributed by atoms with van der Waals surface area (Å²) in [6, 6.07) is 6.03. The Morgan fingerprint density at radius 3 is 2.76 bits per heavy atom. The van der Waals surface area contributed by atoms with Crippen LogP contribution in [0.15, 0.2) is 29.3 Å². The molecule has 0 saturated heterocycles. The van der Waals surface area contributed by atoms with Crippen molar-refractivity contribution in [2.24, 2.45) is 0 Å². The highest BCUT2D eigenvalue weighted by Crippen LogP contribution is 2.18. The van der Waals surface area contributed by atoms with Gasteiger partial charge in [0, 0.05) is 6.54 Å². The summed E-state index contributed by atoms with van der Waals surface area (Å²) in [4.78, 5) is 20.5. The lowest BCUT2D eigenvalue weighted by molar-refractivity contribution is 0.803. The van der Waals surface area contributed by atoms with Crippen molar-refractivity contribution in [3.8, 4) is 5.69 Å². The number of aromatic nitrogens is 3. The molecule has 2 rings (SSSR count). The van der Waals surface area contributed by atoms with Gasteiger partial charge in [0.25, 0.3) is 0 Å². The highest BCUT2D eigenvalue weighted by Gasteiger charge is 2.10. The van der Waals surface area contributed by atoms with E-state index < -0.39 is 0 Å². The molecule has 5 nitrogen and oxygen atoms in total. The highest BCUT2D eigenvalue weighted by molar-refractivity contribution is 5.47. The second kappa shape index (κ2) is 7.02. The normalized spacial score (nSPS) is 10.6. The van der Waals surface area contributed by atoms with Crippen LogP contribution in [0.1, 0.15) is 37.8 Å². The Labute approximate surface area is 125 Å². The van der Waals surface area contributed by atoms with Crippen molar-refractivity contribution in [3.63, 3.8) is 0 Å². The van der Waals surface area contributed by atoms with E-state index >= 15 is 0 Å². The van der Waals surface area contributed by atoms with E-state index in [0.29, 0.717) is 5.95 Å². The van der Waals surface area contributed by atoms with Crippen LogP contribution >= 0.6 is 0 Å². The van der Waals surface area contributed by atoms with Gasteiger partial charge in [0.05, 0.1) is 5.69 Å². The van der Waals surface area contributed by atoms with Crippen molar-refractivity contribution in [1.29, 1.82) is 0 Å². The molecule has 5 heteroatoms.